The monoisotopic (exact) mass is 490 g/mol. The molecule has 7 heteroatoms. The Morgan fingerprint density at radius 1 is 1.14 bits per heavy atom. The van der Waals surface area contributed by atoms with Crippen LogP contribution in [0, 0.1) is 17.7 Å². The summed E-state index contributed by atoms with van der Waals surface area (Å²) in [6.45, 7) is 5.17. The molecule has 3 aromatic rings. The molecule has 2 aliphatic rings. The summed E-state index contributed by atoms with van der Waals surface area (Å²) in [5.74, 6) is 1.34. The first-order valence-electron chi connectivity index (χ1n) is 12.6. The van der Waals surface area contributed by atoms with Crippen LogP contribution in [0.3, 0.4) is 0 Å². The Morgan fingerprint density at radius 3 is 2.72 bits per heavy atom. The number of carbonyl (C=O) groups is 2. The van der Waals surface area contributed by atoms with E-state index in [1.165, 1.54) is 25.0 Å². The molecule has 0 radical (unpaired) electrons. The van der Waals surface area contributed by atoms with Crippen LogP contribution in [0.25, 0.3) is 0 Å². The second-order valence-corrected chi connectivity index (χ2v) is 9.96. The van der Waals surface area contributed by atoms with Crippen LogP contribution in [-0.4, -0.2) is 29.8 Å². The van der Waals surface area contributed by atoms with E-state index in [1.54, 1.807) is 18.2 Å². The fraction of sp³-hybridized carbons (Fsp3) is 0.379. The Bertz CT molecular complexity index is 1260. The van der Waals surface area contributed by atoms with Crippen molar-refractivity contribution in [1.82, 2.24) is 10.2 Å². The number of rotatable bonds is 8. The smallest absolute Gasteiger partial charge is 0.287 e. The van der Waals surface area contributed by atoms with Crippen molar-refractivity contribution < 1.29 is 23.1 Å². The van der Waals surface area contributed by atoms with Gasteiger partial charge in [-0.05, 0) is 78.3 Å². The van der Waals surface area contributed by atoms with Gasteiger partial charge in [-0.25, -0.2) is 4.39 Å². The zero-order valence-electron chi connectivity index (χ0n) is 20.6. The molecule has 36 heavy (non-hydrogen) atoms. The van der Waals surface area contributed by atoms with Gasteiger partial charge in [0.1, 0.15) is 23.9 Å². The van der Waals surface area contributed by atoms with Crippen LogP contribution in [-0.2, 0) is 17.8 Å². The van der Waals surface area contributed by atoms with Gasteiger partial charge in [-0.1, -0.05) is 32.0 Å². The van der Waals surface area contributed by atoms with Crippen LogP contribution in [0.5, 0.6) is 5.75 Å². The van der Waals surface area contributed by atoms with Gasteiger partial charge < -0.3 is 19.4 Å². The molecule has 2 aromatic carbocycles. The molecular weight excluding hydrogens is 459 g/mol. The number of nitrogens with zero attached hydrogens (tertiary/aromatic N) is 1. The molecular formula is C29H31FN2O4. The van der Waals surface area contributed by atoms with Crippen molar-refractivity contribution in [2.45, 2.75) is 45.8 Å². The molecule has 1 fully saturated rings. The third-order valence-electron chi connectivity index (χ3n) is 6.80. The minimum absolute atomic E-state index is 0.0318. The summed E-state index contributed by atoms with van der Waals surface area (Å²) in [4.78, 5) is 27.2. The highest BCUT2D eigenvalue weighted by molar-refractivity contribution is 5.91. The normalized spacial score (nSPS) is 17.1. The predicted molar refractivity (Wildman–Crippen MR) is 133 cm³/mol. The fourth-order valence-corrected chi connectivity index (χ4v) is 4.67. The average Bonchev–Trinajstić information content (AvgIpc) is 3.59. The van der Waals surface area contributed by atoms with E-state index in [1.807, 2.05) is 43.0 Å². The molecule has 1 atom stereocenters. The molecule has 1 aromatic heterocycles. The highest BCUT2D eigenvalue weighted by Crippen LogP contribution is 2.38. The molecule has 1 aliphatic carbocycles. The molecule has 2 heterocycles. The molecule has 188 valence electrons. The van der Waals surface area contributed by atoms with Crippen LogP contribution in [0.1, 0.15) is 65.7 Å². The lowest BCUT2D eigenvalue weighted by molar-refractivity contribution is -0.136. The number of ether oxygens (including phenoxy) is 1. The Labute approximate surface area is 210 Å². The van der Waals surface area contributed by atoms with Gasteiger partial charge in [0, 0.05) is 19.0 Å². The van der Waals surface area contributed by atoms with Gasteiger partial charge >= 0.3 is 0 Å². The fourth-order valence-electron chi connectivity index (χ4n) is 4.67. The highest BCUT2D eigenvalue weighted by atomic mass is 19.1. The minimum atomic E-state index is -0.395. The molecule has 1 aliphatic heterocycles. The van der Waals surface area contributed by atoms with E-state index in [9.17, 15) is 14.0 Å². The van der Waals surface area contributed by atoms with E-state index < -0.39 is 6.04 Å². The van der Waals surface area contributed by atoms with Crippen LogP contribution < -0.4 is 10.1 Å². The molecule has 6 nitrogen and oxygen atoms in total. The van der Waals surface area contributed by atoms with Gasteiger partial charge in [-0.2, -0.15) is 0 Å². The number of hydrogen-bond donors (Lipinski definition) is 1. The number of benzene rings is 2. The molecule has 0 saturated heterocycles. The van der Waals surface area contributed by atoms with Crippen LogP contribution in [0.4, 0.5) is 4.39 Å². The van der Waals surface area contributed by atoms with Crippen molar-refractivity contribution in [3.05, 3.63) is 88.6 Å². The van der Waals surface area contributed by atoms with Crippen molar-refractivity contribution in [3.8, 4) is 5.75 Å². The van der Waals surface area contributed by atoms with Crippen LogP contribution in [0.2, 0.25) is 0 Å². The van der Waals surface area contributed by atoms with Crippen LogP contribution >= 0.6 is 0 Å². The first-order valence-corrected chi connectivity index (χ1v) is 12.6. The number of hydrogen-bond acceptors (Lipinski definition) is 4. The molecule has 0 bridgehead atoms. The Hall–Kier alpha value is -3.61. The third kappa shape index (κ3) is 5.30. The molecule has 0 unspecified atom stereocenters. The maximum Gasteiger partial charge on any atom is 0.287 e. The van der Waals surface area contributed by atoms with Gasteiger partial charge in [0.25, 0.3) is 5.91 Å². The minimum Gasteiger partial charge on any atom is -0.486 e. The number of fused-ring (bicyclic) bond motifs is 1. The van der Waals surface area contributed by atoms with Crippen molar-refractivity contribution in [3.63, 3.8) is 0 Å². The molecule has 0 spiro atoms. The summed E-state index contributed by atoms with van der Waals surface area (Å²) >= 11 is 0. The van der Waals surface area contributed by atoms with E-state index in [-0.39, 0.29) is 35.9 Å². The second kappa shape index (κ2) is 10.2. The lowest BCUT2D eigenvalue weighted by Gasteiger charge is -2.39. The summed E-state index contributed by atoms with van der Waals surface area (Å²) in [5, 5.41) is 2.90. The van der Waals surface area contributed by atoms with Gasteiger partial charge in [-0.15, -0.1) is 0 Å². The number of furan rings is 1. The average molecular weight is 491 g/mol. The lowest BCUT2D eigenvalue weighted by Crippen LogP contribution is -2.42. The van der Waals surface area contributed by atoms with E-state index in [4.69, 9.17) is 9.15 Å². The molecule has 2 amide bonds. The Kier molecular flexibility index (Phi) is 6.81. The van der Waals surface area contributed by atoms with E-state index >= 15 is 0 Å². The topological polar surface area (TPSA) is 71.8 Å². The summed E-state index contributed by atoms with van der Waals surface area (Å²) in [6, 6.07) is 15.3. The molecule has 1 saturated carbocycles. The van der Waals surface area contributed by atoms with Crippen molar-refractivity contribution in [2.75, 3.05) is 13.1 Å². The number of carbonyl (C=O) groups excluding carboxylic acids is 2. The Balaban J connectivity index is 1.35. The highest BCUT2D eigenvalue weighted by Gasteiger charge is 2.33. The maximum atomic E-state index is 14.2. The number of nitrogens with one attached hydrogen (secondary N) is 1. The summed E-state index contributed by atoms with van der Waals surface area (Å²) in [6.07, 6.45) is 3.06. The second-order valence-electron chi connectivity index (χ2n) is 9.96. The summed E-state index contributed by atoms with van der Waals surface area (Å²) in [5.41, 5.74) is 2.77. The number of amides is 2. The maximum absolute atomic E-state index is 14.2. The zero-order chi connectivity index (χ0) is 25.2. The third-order valence-corrected chi connectivity index (χ3v) is 6.80. The van der Waals surface area contributed by atoms with Gasteiger partial charge in [0.2, 0.25) is 5.91 Å². The van der Waals surface area contributed by atoms with Crippen molar-refractivity contribution in [2.24, 2.45) is 11.8 Å². The van der Waals surface area contributed by atoms with Crippen molar-refractivity contribution in [1.29, 1.82) is 0 Å². The van der Waals surface area contributed by atoms with Gasteiger partial charge in [-0.3, -0.25) is 9.59 Å². The van der Waals surface area contributed by atoms with E-state index in [0.29, 0.717) is 30.5 Å². The number of halogens is 1. The molecule has 1 N–H and O–H groups in total. The first kappa shape index (κ1) is 24.1. The Morgan fingerprint density at radius 2 is 1.97 bits per heavy atom. The predicted octanol–water partition coefficient (Wildman–Crippen LogP) is 5.27. The first-order chi connectivity index (χ1) is 17.4. The standard InChI is InChI=1S/C29H31FN2O4/c1-18(2)29(34)32-13-12-20-8-9-23(15-25(20)27(32)21-4-3-5-22(30)14-21)35-17-24-10-11-26(36-24)28(33)31-16-19-6-7-19/h3-5,8-11,14-15,18-19,27H,6-7,12-13,16-17H2,1-2H3,(H,31,33)/t27-/m1/s1. The summed E-state index contributed by atoms with van der Waals surface area (Å²) < 4.78 is 25.8. The zero-order valence-corrected chi connectivity index (χ0v) is 20.6. The van der Waals surface area contributed by atoms with Crippen LogP contribution in [0.15, 0.2) is 59.0 Å². The van der Waals surface area contributed by atoms with Gasteiger partial charge in [0.05, 0.1) is 6.04 Å². The molecule has 5 rings (SSSR count). The quantitative estimate of drug-likeness (QED) is 0.467. The lowest BCUT2D eigenvalue weighted by atomic mass is 9.87. The van der Waals surface area contributed by atoms with Gasteiger partial charge in [0.15, 0.2) is 5.76 Å². The van der Waals surface area contributed by atoms with E-state index in [0.717, 1.165) is 23.1 Å². The summed E-state index contributed by atoms with van der Waals surface area (Å²) in [7, 11) is 0. The SMILES string of the molecule is CC(C)C(=O)N1CCc2ccc(OCc3ccc(C(=O)NCC4CC4)o3)cc2[C@H]1c1cccc(F)c1. The van der Waals surface area contributed by atoms with E-state index in [2.05, 4.69) is 5.32 Å². The van der Waals surface area contributed by atoms with Crippen molar-refractivity contribution >= 4 is 11.8 Å². The largest absolute Gasteiger partial charge is 0.486 e.